The highest BCUT2D eigenvalue weighted by atomic mass is 16.6. The molecular weight excluding hydrogens is 412 g/mol. The number of nitrogens with one attached hydrogen (secondary N) is 2. The highest BCUT2D eigenvalue weighted by Gasteiger charge is 2.11. The second-order valence-electron chi connectivity index (χ2n) is 7.18. The van der Waals surface area contributed by atoms with E-state index in [-0.39, 0.29) is 5.69 Å². The van der Waals surface area contributed by atoms with Gasteiger partial charge in [-0.1, -0.05) is 18.2 Å². The summed E-state index contributed by atoms with van der Waals surface area (Å²) in [6.07, 6.45) is 2.40. The van der Waals surface area contributed by atoms with Gasteiger partial charge in [0.05, 0.1) is 24.3 Å². The number of fused-ring (bicyclic) bond motifs is 1. The average molecular weight is 436 g/mol. The summed E-state index contributed by atoms with van der Waals surface area (Å²) in [5.74, 6) is 2.97. The normalized spacial score (nSPS) is 12.9. The summed E-state index contributed by atoms with van der Waals surface area (Å²) in [6, 6.07) is 16.1. The van der Waals surface area contributed by atoms with Crippen molar-refractivity contribution in [2.75, 3.05) is 19.8 Å². The number of aliphatic imine (C=N–C) groups is 1. The molecule has 4 rings (SSSR count). The first-order valence-electron chi connectivity index (χ1n) is 10.3. The molecule has 2 aromatic carbocycles. The Morgan fingerprint density at radius 2 is 1.78 bits per heavy atom. The molecule has 0 spiro atoms. The van der Waals surface area contributed by atoms with Crippen LogP contribution >= 0.6 is 0 Å². The van der Waals surface area contributed by atoms with E-state index >= 15 is 0 Å². The van der Waals surface area contributed by atoms with Crippen LogP contribution in [0, 0.1) is 10.1 Å². The van der Waals surface area contributed by atoms with Gasteiger partial charge in [0.2, 0.25) is 0 Å². The fraction of sp³-hybridized carbons (Fsp3) is 0.261. The standard InChI is InChI=1S/C23H24N4O5/c28-27(29)19-6-3-18(4-7-19)15-25-23(26-16-20-2-1-11-30-20)24-10-9-17-5-8-21-22(14-17)32-13-12-31-21/h1-8,11,14H,9-10,12-13,15-16H2,(H2,24,25,26). The van der Waals surface area contributed by atoms with Gasteiger partial charge in [-0.25, -0.2) is 4.99 Å². The van der Waals surface area contributed by atoms with Crippen molar-refractivity contribution in [3.05, 3.63) is 87.9 Å². The molecule has 0 radical (unpaired) electrons. The largest absolute Gasteiger partial charge is 0.486 e. The van der Waals surface area contributed by atoms with Gasteiger partial charge < -0.3 is 24.5 Å². The third-order valence-electron chi connectivity index (χ3n) is 4.89. The Morgan fingerprint density at radius 1 is 1.00 bits per heavy atom. The van der Waals surface area contributed by atoms with Crippen molar-refractivity contribution in [3.8, 4) is 11.5 Å². The zero-order valence-corrected chi connectivity index (χ0v) is 17.5. The number of guanidine groups is 1. The van der Waals surface area contributed by atoms with Gasteiger partial charge in [0.1, 0.15) is 19.0 Å². The maximum absolute atomic E-state index is 10.8. The van der Waals surface area contributed by atoms with Gasteiger partial charge in [0.15, 0.2) is 17.5 Å². The summed E-state index contributed by atoms with van der Waals surface area (Å²) < 4.78 is 16.6. The molecule has 3 aromatic rings. The highest BCUT2D eigenvalue weighted by Crippen LogP contribution is 2.30. The Balaban J connectivity index is 1.37. The number of rotatable bonds is 8. The Labute approximate surface area is 185 Å². The maximum atomic E-state index is 10.8. The van der Waals surface area contributed by atoms with Crippen LogP contribution in [0.2, 0.25) is 0 Å². The molecule has 0 atom stereocenters. The van der Waals surface area contributed by atoms with Crippen molar-refractivity contribution in [3.63, 3.8) is 0 Å². The molecule has 0 aliphatic carbocycles. The minimum absolute atomic E-state index is 0.0615. The molecule has 1 aromatic heterocycles. The fourth-order valence-electron chi connectivity index (χ4n) is 3.22. The maximum Gasteiger partial charge on any atom is 0.269 e. The number of nitrogens with zero attached hydrogens (tertiary/aromatic N) is 2. The van der Waals surface area contributed by atoms with E-state index < -0.39 is 4.92 Å². The molecule has 0 saturated carbocycles. The minimum atomic E-state index is -0.414. The molecule has 2 N–H and O–H groups in total. The van der Waals surface area contributed by atoms with E-state index in [0.717, 1.165) is 34.8 Å². The van der Waals surface area contributed by atoms with Crippen molar-refractivity contribution in [1.29, 1.82) is 0 Å². The molecule has 1 aliphatic rings. The number of non-ortho nitro benzene ring substituents is 1. The lowest BCUT2D eigenvalue weighted by atomic mass is 10.1. The van der Waals surface area contributed by atoms with Gasteiger partial charge in [0, 0.05) is 18.7 Å². The van der Waals surface area contributed by atoms with E-state index in [9.17, 15) is 10.1 Å². The summed E-state index contributed by atoms with van der Waals surface area (Å²) >= 11 is 0. The first kappa shape index (κ1) is 21.2. The Hall–Kier alpha value is -4.01. The summed E-state index contributed by atoms with van der Waals surface area (Å²) in [4.78, 5) is 15.0. The molecule has 166 valence electrons. The summed E-state index contributed by atoms with van der Waals surface area (Å²) in [7, 11) is 0. The smallest absolute Gasteiger partial charge is 0.269 e. The summed E-state index contributed by atoms with van der Waals surface area (Å²) in [5, 5.41) is 17.4. The van der Waals surface area contributed by atoms with Gasteiger partial charge in [-0.3, -0.25) is 10.1 Å². The second kappa shape index (κ2) is 10.3. The van der Waals surface area contributed by atoms with Gasteiger partial charge in [-0.15, -0.1) is 0 Å². The van der Waals surface area contributed by atoms with Crippen LogP contribution in [-0.2, 0) is 19.5 Å². The lowest BCUT2D eigenvalue weighted by Gasteiger charge is -2.19. The predicted molar refractivity (Wildman–Crippen MR) is 119 cm³/mol. The number of hydrogen-bond donors (Lipinski definition) is 2. The lowest BCUT2D eigenvalue weighted by Crippen LogP contribution is -2.38. The zero-order chi connectivity index (χ0) is 22.2. The second-order valence-corrected chi connectivity index (χ2v) is 7.18. The lowest BCUT2D eigenvalue weighted by molar-refractivity contribution is -0.384. The molecule has 0 fully saturated rings. The van der Waals surface area contributed by atoms with Crippen molar-refractivity contribution < 1.29 is 18.8 Å². The van der Waals surface area contributed by atoms with Crippen LogP contribution in [0.5, 0.6) is 11.5 Å². The van der Waals surface area contributed by atoms with Gasteiger partial charge in [-0.05, 0) is 41.8 Å². The van der Waals surface area contributed by atoms with E-state index in [4.69, 9.17) is 13.9 Å². The number of hydrogen-bond acceptors (Lipinski definition) is 6. The molecular formula is C23H24N4O5. The van der Waals surface area contributed by atoms with Crippen LogP contribution in [0.1, 0.15) is 16.9 Å². The van der Waals surface area contributed by atoms with Crippen molar-refractivity contribution >= 4 is 11.6 Å². The van der Waals surface area contributed by atoms with Crippen LogP contribution in [0.3, 0.4) is 0 Å². The first-order valence-corrected chi connectivity index (χ1v) is 10.3. The SMILES string of the molecule is O=[N+]([O-])c1ccc(CN=C(NCCc2ccc3c(c2)OCCO3)NCc2ccco2)cc1. The molecule has 1 aliphatic heterocycles. The van der Waals surface area contributed by atoms with Crippen LogP contribution < -0.4 is 20.1 Å². The van der Waals surface area contributed by atoms with Gasteiger partial charge in [0.25, 0.3) is 5.69 Å². The Morgan fingerprint density at radius 3 is 2.53 bits per heavy atom. The monoisotopic (exact) mass is 436 g/mol. The average Bonchev–Trinajstić information content (AvgIpc) is 3.34. The molecule has 0 amide bonds. The number of nitro benzene ring substituents is 1. The molecule has 0 bridgehead atoms. The first-order chi connectivity index (χ1) is 15.7. The highest BCUT2D eigenvalue weighted by molar-refractivity contribution is 5.79. The third-order valence-corrected chi connectivity index (χ3v) is 4.89. The van der Waals surface area contributed by atoms with Gasteiger partial charge in [-0.2, -0.15) is 0 Å². The summed E-state index contributed by atoms with van der Waals surface area (Å²) in [6.45, 7) is 2.66. The van der Waals surface area contributed by atoms with Crippen LogP contribution in [0.4, 0.5) is 5.69 Å². The summed E-state index contributed by atoms with van der Waals surface area (Å²) in [5.41, 5.74) is 2.07. The zero-order valence-electron chi connectivity index (χ0n) is 17.5. The molecule has 0 unspecified atom stereocenters. The molecule has 9 heteroatoms. The Kier molecular flexibility index (Phi) is 6.86. The van der Waals surface area contributed by atoms with E-state index in [0.29, 0.717) is 38.8 Å². The Bertz CT molecular complexity index is 1060. The van der Waals surface area contributed by atoms with Crippen molar-refractivity contribution in [2.45, 2.75) is 19.5 Å². The van der Waals surface area contributed by atoms with Crippen LogP contribution in [0.15, 0.2) is 70.3 Å². The van der Waals surface area contributed by atoms with E-state index in [2.05, 4.69) is 15.6 Å². The quantitative estimate of drug-likeness (QED) is 0.241. The molecule has 9 nitrogen and oxygen atoms in total. The molecule has 2 heterocycles. The molecule has 0 saturated heterocycles. The van der Waals surface area contributed by atoms with Gasteiger partial charge >= 0.3 is 0 Å². The van der Waals surface area contributed by atoms with E-state index in [1.807, 2.05) is 30.3 Å². The number of furan rings is 1. The van der Waals surface area contributed by atoms with E-state index in [1.165, 1.54) is 12.1 Å². The number of nitro groups is 1. The molecule has 32 heavy (non-hydrogen) atoms. The third kappa shape index (κ3) is 5.78. The number of benzene rings is 2. The number of ether oxygens (including phenoxy) is 2. The minimum Gasteiger partial charge on any atom is -0.486 e. The topological polar surface area (TPSA) is 111 Å². The predicted octanol–water partition coefficient (Wildman–Crippen LogP) is 3.44. The van der Waals surface area contributed by atoms with Crippen LogP contribution in [-0.4, -0.2) is 30.6 Å². The van der Waals surface area contributed by atoms with Crippen LogP contribution in [0.25, 0.3) is 0 Å². The van der Waals surface area contributed by atoms with Crippen molar-refractivity contribution in [1.82, 2.24) is 10.6 Å². The fourth-order valence-corrected chi connectivity index (χ4v) is 3.22. The van der Waals surface area contributed by atoms with E-state index in [1.54, 1.807) is 18.4 Å². The van der Waals surface area contributed by atoms with Crippen molar-refractivity contribution in [2.24, 2.45) is 4.99 Å².